The lowest BCUT2D eigenvalue weighted by Crippen LogP contribution is -2.65. The van der Waals surface area contributed by atoms with Crippen LogP contribution in [-0.4, -0.2) is 35.0 Å². The molecule has 0 spiro atoms. The molecule has 13 heavy (non-hydrogen) atoms. The molecule has 2 aliphatic rings. The molecule has 0 bridgehead atoms. The Hall–Kier alpha value is -0.570. The van der Waals surface area contributed by atoms with Crippen molar-refractivity contribution >= 4 is 5.91 Å². The highest BCUT2D eigenvalue weighted by Gasteiger charge is 2.43. The van der Waals surface area contributed by atoms with E-state index >= 15 is 0 Å². The van der Waals surface area contributed by atoms with Crippen molar-refractivity contribution in [3.63, 3.8) is 0 Å². The van der Waals surface area contributed by atoms with E-state index in [1.807, 2.05) is 13.8 Å². The van der Waals surface area contributed by atoms with E-state index in [2.05, 4.69) is 17.1 Å². The number of amides is 1. The highest BCUT2D eigenvalue weighted by atomic mass is 16.2. The molecule has 1 aliphatic carbocycles. The maximum atomic E-state index is 11.9. The van der Waals surface area contributed by atoms with Gasteiger partial charge in [0.25, 0.3) is 0 Å². The Balaban J connectivity index is 2.14. The maximum Gasteiger partial charge on any atom is 0.242 e. The molecule has 1 saturated carbocycles. The molecule has 1 atom stereocenters. The first-order valence-electron chi connectivity index (χ1n) is 5.09. The molecule has 3 heteroatoms. The Kier molecular flexibility index (Phi) is 1.88. The van der Waals surface area contributed by atoms with E-state index in [-0.39, 0.29) is 11.4 Å². The number of nitrogens with one attached hydrogen (secondary N) is 1. The van der Waals surface area contributed by atoms with E-state index in [0.29, 0.717) is 12.1 Å². The Morgan fingerprint density at radius 2 is 2.08 bits per heavy atom. The van der Waals surface area contributed by atoms with Crippen molar-refractivity contribution < 1.29 is 4.79 Å². The number of rotatable bonds is 1. The Morgan fingerprint density at radius 1 is 1.46 bits per heavy atom. The van der Waals surface area contributed by atoms with Crippen molar-refractivity contribution in [1.29, 1.82) is 0 Å². The Bertz CT molecular complexity index is 233. The van der Waals surface area contributed by atoms with E-state index in [1.54, 1.807) is 0 Å². The smallest absolute Gasteiger partial charge is 0.242 e. The van der Waals surface area contributed by atoms with Crippen LogP contribution in [0.15, 0.2) is 0 Å². The van der Waals surface area contributed by atoms with Crippen LogP contribution in [0.3, 0.4) is 0 Å². The largest absolute Gasteiger partial charge is 0.337 e. The molecule has 1 N–H and O–H groups in total. The van der Waals surface area contributed by atoms with E-state index in [4.69, 9.17) is 0 Å². The lowest BCUT2D eigenvalue weighted by atomic mass is 9.98. The van der Waals surface area contributed by atoms with Gasteiger partial charge in [0.15, 0.2) is 0 Å². The normalized spacial score (nSPS) is 33.6. The number of hydrogen-bond donors (Lipinski definition) is 1. The summed E-state index contributed by atoms with van der Waals surface area (Å²) >= 11 is 0. The number of hydrogen-bond acceptors (Lipinski definition) is 2. The second-order valence-corrected chi connectivity index (χ2v) is 4.86. The molecule has 0 aromatic heterocycles. The van der Waals surface area contributed by atoms with Crippen LogP contribution in [0.2, 0.25) is 0 Å². The molecule has 74 valence electrons. The first kappa shape index (κ1) is 9.00. The fourth-order valence-corrected chi connectivity index (χ4v) is 2.16. The minimum absolute atomic E-state index is 0.271. The van der Waals surface area contributed by atoms with Crippen LogP contribution in [0.25, 0.3) is 0 Å². The number of nitrogens with zero attached hydrogens (tertiary/aromatic N) is 1. The molecule has 1 heterocycles. The van der Waals surface area contributed by atoms with Crippen molar-refractivity contribution in [2.24, 2.45) is 0 Å². The van der Waals surface area contributed by atoms with Crippen molar-refractivity contribution in [2.45, 2.75) is 51.2 Å². The van der Waals surface area contributed by atoms with E-state index in [9.17, 15) is 4.79 Å². The highest BCUT2D eigenvalue weighted by molar-refractivity contribution is 5.87. The molecule has 0 aromatic carbocycles. The second kappa shape index (κ2) is 2.71. The van der Waals surface area contributed by atoms with Gasteiger partial charge in [0.1, 0.15) is 0 Å². The van der Waals surface area contributed by atoms with Crippen molar-refractivity contribution in [2.75, 3.05) is 6.54 Å². The van der Waals surface area contributed by atoms with E-state index < -0.39 is 0 Å². The molecule has 0 radical (unpaired) electrons. The van der Waals surface area contributed by atoms with Gasteiger partial charge < -0.3 is 4.90 Å². The molecular formula is C10H18N2O. The average Bonchev–Trinajstić information content (AvgIpc) is 2.78. The molecule has 3 nitrogen and oxygen atoms in total. The standard InChI is InChI=1S/C10H18N2O/c1-7-6-12(8-4-5-8)9(13)10(2,3)11-7/h7-8,11H,4-6H2,1-3H3. The summed E-state index contributed by atoms with van der Waals surface area (Å²) in [6, 6.07) is 0.977. The van der Waals surface area contributed by atoms with Gasteiger partial charge in [-0.2, -0.15) is 0 Å². The summed E-state index contributed by atoms with van der Waals surface area (Å²) in [4.78, 5) is 14.0. The summed E-state index contributed by atoms with van der Waals surface area (Å²) in [6.07, 6.45) is 2.41. The molecule has 1 saturated heterocycles. The van der Waals surface area contributed by atoms with Crippen LogP contribution in [0.1, 0.15) is 33.6 Å². The topological polar surface area (TPSA) is 32.3 Å². The number of piperazine rings is 1. The Morgan fingerprint density at radius 3 is 2.62 bits per heavy atom. The van der Waals surface area contributed by atoms with Crippen molar-refractivity contribution in [3.05, 3.63) is 0 Å². The molecular weight excluding hydrogens is 164 g/mol. The van der Waals surface area contributed by atoms with Gasteiger partial charge in [-0.05, 0) is 33.6 Å². The first-order chi connectivity index (χ1) is 6.00. The van der Waals surface area contributed by atoms with Gasteiger partial charge in [0, 0.05) is 18.6 Å². The molecule has 0 aromatic rings. The SMILES string of the molecule is CC1CN(C2CC2)C(=O)C(C)(C)N1. The average molecular weight is 182 g/mol. The summed E-state index contributed by atoms with van der Waals surface area (Å²) in [7, 11) is 0. The van der Waals surface area contributed by atoms with Gasteiger partial charge in [-0.1, -0.05) is 0 Å². The lowest BCUT2D eigenvalue weighted by Gasteiger charge is -2.42. The summed E-state index contributed by atoms with van der Waals surface area (Å²) < 4.78 is 0. The fourth-order valence-electron chi connectivity index (χ4n) is 2.16. The fraction of sp³-hybridized carbons (Fsp3) is 0.900. The van der Waals surface area contributed by atoms with Gasteiger partial charge in [-0.3, -0.25) is 10.1 Å². The van der Waals surface area contributed by atoms with E-state index in [1.165, 1.54) is 12.8 Å². The third-order valence-electron chi connectivity index (χ3n) is 2.86. The second-order valence-electron chi connectivity index (χ2n) is 4.86. The predicted molar refractivity (Wildman–Crippen MR) is 51.4 cm³/mol. The molecule has 2 fully saturated rings. The number of carbonyl (C=O) groups is 1. The van der Waals surface area contributed by atoms with Gasteiger partial charge >= 0.3 is 0 Å². The molecule has 2 rings (SSSR count). The predicted octanol–water partition coefficient (Wildman–Crippen LogP) is 0.748. The highest BCUT2D eigenvalue weighted by Crippen LogP contribution is 2.30. The third kappa shape index (κ3) is 1.57. The van der Waals surface area contributed by atoms with Gasteiger partial charge in [-0.25, -0.2) is 0 Å². The summed E-state index contributed by atoms with van der Waals surface area (Å²) in [5.74, 6) is 0.271. The lowest BCUT2D eigenvalue weighted by molar-refractivity contribution is -0.141. The Labute approximate surface area is 79.5 Å². The monoisotopic (exact) mass is 182 g/mol. The zero-order chi connectivity index (χ0) is 9.64. The summed E-state index contributed by atoms with van der Waals surface area (Å²) in [5.41, 5.74) is -0.361. The zero-order valence-electron chi connectivity index (χ0n) is 8.63. The molecule has 1 unspecified atom stereocenters. The van der Waals surface area contributed by atoms with Crippen LogP contribution in [-0.2, 0) is 4.79 Å². The summed E-state index contributed by atoms with van der Waals surface area (Å²) in [5, 5.41) is 3.33. The van der Waals surface area contributed by atoms with Crippen molar-refractivity contribution in [1.82, 2.24) is 10.2 Å². The zero-order valence-corrected chi connectivity index (χ0v) is 8.63. The van der Waals surface area contributed by atoms with Crippen LogP contribution in [0.4, 0.5) is 0 Å². The molecule has 1 amide bonds. The van der Waals surface area contributed by atoms with Crippen molar-refractivity contribution in [3.8, 4) is 0 Å². The van der Waals surface area contributed by atoms with Gasteiger partial charge in [-0.15, -0.1) is 0 Å². The minimum Gasteiger partial charge on any atom is -0.337 e. The van der Waals surface area contributed by atoms with Crippen LogP contribution >= 0.6 is 0 Å². The molecule has 1 aliphatic heterocycles. The van der Waals surface area contributed by atoms with Crippen LogP contribution < -0.4 is 5.32 Å². The summed E-state index contributed by atoms with van der Waals surface area (Å²) in [6.45, 7) is 6.97. The number of carbonyl (C=O) groups excluding carboxylic acids is 1. The van der Waals surface area contributed by atoms with E-state index in [0.717, 1.165) is 6.54 Å². The minimum atomic E-state index is -0.361. The quantitative estimate of drug-likeness (QED) is 0.649. The van der Waals surface area contributed by atoms with Crippen LogP contribution in [0, 0.1) is 0 Å². The van der Waals surface area contributed by atoms with Gasteiger partial charge in [0.05, 0.1) is 5.54 Å². The van der Waals surface area contributed by atoms with Gasteiger partial charge in [0.2, 0.25) is 5.91 Å². The maximum absolute atomic E-state index is 11.9. The van der Waals surface area contributed by atoms with Crippen LogP contribution in [0.5, 0.6) is 0 Å². The first-order valence-corrected chi connectivity index (χ1v) is 5.09. The third-order valence-corrected chi connectivity index (χ3v) is 2.86.